The van der Waals surface area contributed by atoms with Crippen LogP contribution in [0.25, 0.3) is 0 Å². The van der Waals surface area contributed by atoms with Crippen molar-refractivity contribution in [1.29, 1.82) is 0 Å². The van der Waals surface area contributed by atoms with Gasteiger partial charge < -0.3 is 0 Å². The van der Waals surface area contributed by atoms with Crippen molar-refractivity contribution >= 4 is 5.96 Å². The first-order chi connectivity index (χ1) is 8.62. The first-order valence-corrected chi connectivity index (χ1v) is 6.10. The van der Waals surface area contributed by atoms with E-state index in [1.165, 1.54) is 0 Å². The second-order valence-corrected chi connectivity index (χ2v) is 4.16. The van der Waals surface area contributed by atoms with Crippen LogP contribution < -0.4 is 0 Å². The zero-order valence-electron chi connectivity index (χ0n) is 11.8. The van der Waals surface area contributed by atoms with E-state index in [2.05, 4.69) is 40.7 Å². The molecule has 0 bridgehead atoms. The van der Waals surface area contributed by atoms with Gasteiger partial charge in [0.2, 0.25) is 0 Å². The van der Waals surface area contributed by atoms with Crippen molar-refractivity contribution in [3.8, 4) is 0 Å². The third kappa shape index (κ3) is 5.04. The molecule has 0 aliphatic rings. The smallest absolute Gasteiger partial charge is 0.270 e. The average Bonchev–Trinajstić information content (AvgIpc) is 2.30. The third-order valence-corrected chi connectivity index (χ3v) is 2.36. The number of nitrogens with zero attached hydrogens (tertiary/aromatic N) is 3. The Kier molecular flexibility index (Phi) is 8.37. The van der Waals surface area contributed by atoms with Crippen molar-refractivity contribution in [3.63, 3.8) is 0 Å². The number of hydrogen-bond donors (Lipinski definition) is 0. The highest BCUT2D eigenvalue weighted by Gasteiger charge is 2.24. The zero-order valence-corrected chi connectivity index (χ0v) is 11.8. The van der Waals surface area contributed by atoms with Crippen LogP contribution in [0.4, 0.5) is 0 Å². The van der Waals surface area contributed by atoms with Gasteiger partial charge in [0, 0.05) is 0 Å². The zero-order chi connectivity index (χ0) is 14.0. The molecule has 3 nitrogen and oxygen atoms in total. The van der Waals surface area contributed by atoms with Crippen LogP contribution >= 0.6 is 0 Å². The van der Waals surface area contributed by atoms with Gasteiger partial charge in [0.1, 0.15) is 0 Å². The summed E-state index contributed by atoms with van der Waals surface area (Å²) in [6.45, 7) is 18.4. The monoisotopic (exact) mass is 248 g/mol. The van der Waals surface area contributed by atoms with E-state index in [1.54, 1.807) is 0 Å². The van der Waals surface area contributed by atoms with Crippen LogP contribution in [-0.4, -0.2) is 60.6 Å². The van der Waals surface area contributed by atoms with E-state index in [-0.39, 0.29) is 0 Å². The molecule has 0 unspecified atom stereocenters. The largest absolute Gasteiger partial charge is 0.351 e. The molecule has 0 aromatic carbocycles. The van der Waals surface area contributed by atoms with Crippen molar-refractivity contribution in [2.24, 2.45) is 0 Å². The van der Waals surface area contributed by atoms with Crippen molar-refractivity contribution in [1.82, 2.24) is 9.80 Å². The van der Waals surface area contributed by atoms with Crippen LogP contribution in [0, 0.1) is 0 Å². The molecule has 0 spiro atoms. The van der Waals surface area contributed by atoms with Crippen molar-refractivity contribution in [3.05, 3.63) is 50.6 Å². The van der Waals surface area contributed by atoms with E-state index < -0.39 is 0 Å². The summed E-state index contributed by atoms with van der Waals surface area (Å²) in [5, 5.41) is 0. The van der Waals surface area contributed by atoms with Gasteiger partial charge in [-0.15, -0.1) is 0 Å². The fourth-order valence-electron chi connectivity index (χ4n) is 1.86. The van der Waals surface area contributed by atoms with E-state index >= 15 is 0 Å². The van der Waals surface area contributed by atoms with Gasteiger partial charge in [0.05, 0.1) is 40.3 Å². The molecule has 3 heteroatoms. The SMILES string of the molecule is C=CCN(CC=C)C(N(CC=C)CC=C)=[N+](C)C. The summed E-state index contributed by atoms with van der Waals surface area (Å²) in [4.78, 5) is 4.43. The molecule has 0 aliphatic carbocycles. The molecule has 0 aliphatic heterocycles. The minimum absolute atomic E-state index is 0.782. The van der Waals surface area contributed by atoms with Gasteiger partial charge in [-0.1, -0.05) is 50.6 Å². The minimum Gasteiger partial charge on any atom is -0.270 e. The van der Waals surface area contributed by atoms with Crippen LogP contribution in [0.5, 0.6) is 0 Å². The summed E-state index contributed by atoms with van der Waals surface area (Å²) in [5.74, 6) is 1.12. The fraction of sp³-hybridized carbons (Fsp3) is 0.400. The summed E-state index contributed by atoms with van der Waals surface area (Å²) >= 11 is 0. The van der Waals surface area contributed by atoms with Crippen LogP contribution in [0.3, 0.4) is 0 Å². The molecule has 0 saturated carbocycles. The molecular formula is C15H26N3+. The minimum atomic E-state index is 0.782. The molecule has 0 heterocycles. The van der Waals surface area contributed by atoms with Crippen LogP contribution in [-0.2, 0) is 0 Å². The molecule has 18 heavy (non-hydrogen) atoms. The van der Waals surface area contributed by atoms with E-state index in [1.807, 2.05) is 38.4 Å². The molecule has 0 rings (SSSR count). The Balaban J connectivity index is 5.27. The van der Waals surface area contributed by atoms with Crippen LogP contribution in [0.15, 0.2) is 50.6 Å². The third-order valence-electron chi connectivity index (χ3n) is 2.36. The highest BCUT2D eigenvalue weighted by Crippen LogP contribution is 2.01. The number of hydrogen-bond acceptors (Lipinski definition) is 0. The Morgan fingerprint density at radius 1 is 0.778 bits per heavy atom. The molecule has 0 atom stereocenters. The highest BCUT2D eigenvalue weighted by atomic mass is 15.4. The molecular weight excluding hydrogens is 222 g/mol. The topological polar surface area (TPSA) is 9.49 Å². The predicted molar refractivity (Wildman–Crippen MR) is 81.0 cm³/mol. The molecule has 0 saturated heterocycles. The predicted octanol–water partition coefficient (Wildman–Crippen LogP) is 1.96. The molecule has 0 N–H and O–H groups in total. The maximum atomic E-state index is 3.81. The van der Waals surface area contributed by atoms with E-state index in [0.29, 0.717) is 0 Å². The molecule has 0 fully saturated rings. The Morgan fingerprint density at radius 2 is 1.06 bits per heavy atom. The van der Waals surface area contributed by atoms with Gasteiger partial charge in [-0.3, -0.25) is 14.4 Å². The van der Waals surface area contributed by atoms with Gasteiger partial charge in [-0.05, 0) is 0 Å². The Labute approximate surface area is 112 Å². The standard InChI is InChI=1S/C15H26N3/c1-7-11-17(12-8-2)15(16(5)6)18(13-9-3)14-10-4/h7-10H,1-4,11-14H2,5-6H3/q+1. The second-order valence-electron chi connectivity index (χ2n) is 4.16. The Bertz CT molecular complexity index is 279. The van der Waals surface area contributed by atoms with Crippen molar-refractivity contribution in [2.45, 2.75) is 0 Å². The summed E-state index contributed by atoms with van der Waals surface area (Å²) in [5.41, 5.74) is 0. The molecule has 0 radical (unpaired) electrons. The van der Waals surface area contributed by atoms with E-state index in [4.69, 9.17) is 0 Å². The molecule has 0 aromatic rings. The lowest BCUT2D eigenvalue weighted by Gasteiger charge is -2.26. The van der Waals surface area contributed by atoms with Gasteiger partial charge in [0.15, 0.2) is 0 Å². The highest BCUT2D eigenvalue weighted by molar-refractivity contribution is 5.76. The van der Waals surface area contributed by atoms with Gasteiger partial charge in [-0.2, -0.15) is 0 Å². The van der Waals surface area contributed by atoms with Gasteiger partial charge in [0.25, 0.3) is 0 Å². The Morgan fingerprint density at radius 3 is 1.22 bits per heavy atom. The summed E-state index contributed by atoms with van der Waals surface area (Å²) < 4.78 is 2.10. The lowest BCUT2D eigenvalue weighted by atomic mass is 10.4. The average molecular weight is 248 g/mol. The molecule has 100 valence electrons. The number of rotatable bonds is 8. The molecule has 0 aromatic heterocycles. The molecule has 0 amide bonds. The Hall–Kier alpha value is -1.77. The second kappa shape index (κ2) is 9.28. The van der Waals surface area contributed by atoms with Crippen molar-refractivity contribution < 1.29 is 4.58 Å². The fourth-order valence-corrected chi connectivity index (χ4v) is 1.86. The van der Waals surface area contributed by atoms with Crippen molar-refractivity contribution in [2.75, 3.05) is 40.3 Å². The summed E-state index contributed by atoms with van der Waals surface area (Å²) in [6, 6.07) is 0. The number of guanidine groups is 1. The van der Waals surface area contributed by atoms with Crippen LogP contribution in [0.1, 0.15) is 0 Å². The maximum Gasteiger partial charge on any atom is 0.351 e. The van der Waals surface area contributed by atoms with Gasteiger partial charge >= 0.3 is 5.96 Å². The first kappa shape index (κ1) is 16.2. The summed E-state index contributed by atoms with van der Waals surface area (Å²) in [6.07, 6.45) is 7.58. The normalized spacial score (nSPS) is 9.22. The summed E-state index contributed by atoms with van der Waals surface area (Å²) in [7, 11) is 4.07. The van der Waals surface area contributed by atoms with E-state index in [0.717, 1.165) is 32.1 Å². The first-order valence-electron chi connectivity index (χ1n) is 6.10. The maximum absolute atomic E-state index is 3.81. The van der Waals surface area contributed by atoms with E-state index in [9.17, 15) is 0 Å². The lowest BCUT2D eigenvalue weighted by molar-refractivity contribution is -0.476. The van der Waals surface area contributed by atoms with Gasteiger partial charge in [-0.25, -0.2) is 0 Å². The lowest BCUT2D eigenvalue weighted by Crippen LogP contribution is -2.49. The van der Waals surface area contributed by atoms with Crippen LogP contribution in [0.2, 0.25) is 0 Å². The quantitative estimate of drug-likeness (QED) is 0.281.